The normalized spacial score (nSPS) is 11.5. The molecule has 0 aromatic carbocycles. The number of thiazole rings is 1. The first kappa shape index (κ1) is 15.8. The third-order valence-corrected chi connectivity index (χ3v) is 4.44. The number of aromatic nitrogens is 4. The molecule has 3 aromatic heterocycles. The van der Waals surface area contributed by atoms with Gasteiger partial charge in [0.15, 0.2) is 5.82 Å². The van der Waals surface area contributed by atoms with Crippen LogP contribution in [0.25, 0.3) is 10.6 Å². The number of hydrogen-bond acceptors (Lipinski definition) is 9. The minimum absolute atomic E-state index is 0.0377. The number of rotatable bonds is 4. The van der Waals surface area contributed by atoms with Crippen molar-refractivity contribution in [1.82, 2.24) is 19.9 Å². The molecule has 8 nitrogen and oxygen atoms in total. The number of anilines is 2. The lowest BCUT2D eigenvalue weighted by Crippen LogP contribution is -2.03. The topological polar surface area (TPSA) is 125 Å². The lowest BCUT2D eigenvalue weighted by Gasteiger charge is -2.01. The average molecular weight is 341 g/mol. The molecule has 0 saturated heterocycles. The van der Waals surface area contributed by atoms with Gasteiger partial charge in [-0.3, -0.25) is 4.98 Å². The molecular weight excluding hydrogens is 326 g/mol. The minimum atomic E-state index is 0.0377. The molecule has 0 aliphatic rings. The largest absolute Gasteiger partial charge is 0.394 e. The van der Waals surface area contributed by atoms with Gasteiger partial charge in [-0.25, -0.2) is 4.98 Å². The molecule has 0 aliphatic carbocycles. The van der Waals surface area contributed by atoms with Crippen LogP contribution in [0, 0.1) is 6.92 Å². The lowest BCUT2D eigenvalue weighted by molar-refractivity contribution is 0.313. The Morgan fingerprint density at radius 1 is 1.25 bits per heavy atom. The van der Waals surface area contributed by atoms with E-state index in [1.807, 2.05) is 26.0 Å². The molecule has 0 atom stereocenters. The summed E-state index contributed by atoms with van der Waals surface area (Å²) < 4.78 is 0. The summed E-state index contributed by atoms with van der Waals surface area (Å²) >= 11 is 1.51. The van der Waals surface area contributed by atoms with E-state index in [1.165, 1.54) is 17.5 Å². The molecule has 3 heterocycles. The van der Waals surface area contributed by atoms with Gasteiger partial charge in [0.25, 0.3) is 0 Å². The van der Waals surface area contributed by atoms with Gasteiger partial charge < -0.3 is 16.3 Å². The molecule has 0 saturated carbocycles. The number of oxime groups is 1. The molecule has 0 unspecified atom stereocenters. The summed E-state index contributed by atoms with van der Waals surface area (Å²) in [5.74, 6) is 0.153. The fourth-order valence-electron chi connectivity index (χ4n) is 1.93. The Morgan fingerprint density at radius 2 is 2.08 bits per heavy atom. The van der Waals surface area contributed by atoms with Crippen molar-refractivity contribution in [1.29, 1.82) is 0 Å². The van der Waals surface area contributed by atoms with Crippen LogP contribution >= 0.6 is 11.3 Å². The zero-order valence-corrected chi connectivity index (χ0v) is 13.9. The van der Waals surface area contributed by atoms with Crippen molar-refractivity contribution in [3.8, 4) is 16.6 Å². The average Bonchev–Trinajstić information content (AvgIpc) is 2.98. The Balaban J connectivity index is 1.83. The van der Waals surface area contributed by atoms with Crippen LogP contribution in [0.15, 0.2) is 35.9 Å². The smallest absolute Gasteiger partial charge is 0.347 e. The monoisotopic (exact) mass is 341 g/mol. The van der Waals surface area contributed by atoms with E-state index in [2.05, 4.69) is 25.1 Å². The van der Waals surface area contributed by atoms with E-state index in [1.54, 1.807) is 12.4 Å². The number of pyridine rings is 1. The highest BCUT2D eigenvalue weighted by Gasteiger charge is 2.13. The fraction of sp³-hybridized carbons (Fsp3) is 0.133. The molecule has 0 bridgehead atoms. The van der Waals surface area contributed by atoms with Crippen molar-refractivity contribution >= 4 is 28.6 Å². The van der Waals surface area contributed by atoms with Gasteiger partial charge in [0.05, 0.1) is 28.2 Å². The molecular formula is C15H15N7OS. The molecule has 24 heavy (non-hydrogen) atoms. The molecule has 0 aliphatic heterocycles. The Hall–Kier alpha value is -3.07. The van der Waals surface area contributed by atoms with Gasteiger partial charge in [-0.1, -0.05) is 5.16 Å². The Labute approximate surface area is 142 Å². The lowest BCUT2D eigenvalue weighted by atomic mass is 10.3. The van der Waals surface area contributed by atoms with Gasteiger partial charge in [-0.05, 0) is 26.0 Å². The Bertz CT molecular complexity index is 892. The number of nitrogen functional groups attached to an aromatic ring is 2. The van der Waals surface area contributed by atoms with Crippen LogP contribution in [-0.2, 0) is 0 Å². The molecule has 9 heteroatoms. The van der Waals surface area contributed by atoms with Crippen molar-refractivity contribution in [2.24, 2.45) is 5.16 Å². The molecule has 0 amide bonds. The van der Waals surface area contributed by atoms with E-state index < -0.39 is 0 Å². The SMILES string of the molecule is C/C(=N\Oc1ncc(N)c(N)n1)c1sc(-c2cccnc2)nc1C. The molecule has 0 spiro atoms. The van der Waals surface area contributed by atoms with E-state index >= 15 is 0 Å². The summed E-state index contributed by atoms with van der Waals surface area (Å²) in [7, 11) is 0. The first-order valence-corrected chi connectivity index (χ1v) is 7.84. The van der Waals surface area contributed by atoms with Crippen LogP contribution in [0.3, 0.4) is 0 Å². The first-order chi connectivity index (χ1) is 11.5. The maximum atomic E-state index is 5.61. The van der Waals surface area contributed by atoms with E-state index in [9.17, 15) is 0 Å². The van der Waals surface area contributed by atoms with Crippen LogP contribution in [0.4, 0.5) is 11.5 Å². The zero-order chi connectivity index (χ0) is 17.1. The summed E-state index contributed by atoms with van der Waals surface area (Å²) in [6.07, 6.45) is 4.88. The molecule has 0 fully saturated rings. The number of nitrogens with two attached hydrogens (primary N) is 2. The van der Waals surface area contributed by atoms with E-state index in [4.69, 9.17) is 16.3 Å². The van der Waals surface area contributed by atoms with Crippen LogP contribution in [0.5, 0.6) is 6.01 Å². The maximum Gasteiger partial charge on any atom is 0.347 e. The zero-order valence-electron chi connectivity index (χ0n) is 13.1. The molecule has 4 N–H and O–H groups in total. The van der Waals surface area contributed by atoms with Gasteiger partial charge >= 0.3 is 6.01 Å². The maximum absolute atomic E-state index is 5.61. The molecule has 0 radical (unpaired) electrons. The van der Waals surface area contributed by atoms with Gasteiger partial charge in [0.2, 0.25) is 0 Å². The van der Waals surface area contributed by atoms with Gasteiger partial charge in [0.1, 0.15) is 5.01 Å². The van der Waals surface area contributed by atoms with Gasteiger partial charge in [-0.15, -0.1) is 11.3 Å². The number of nitrogens with zero attached hydrogens (tertiary/aromatic N) is 5. The van der Waals surface area contributed by atoms with Crippen LogP contribution in [0.1, 0.15) is 17.5 Å². The minimum Gasteiger partial charge on any atom is -0.394 e. The molecule has 122 valence electrons. The van der Waals surface area contributed by atoms with Gasteiger partial charge in [0, 0.05) is 18.0 Å². The fourth-order valence-corrected chi connectivity index (χ4v) is 2.92. The van der Waals surface area contributed by atoms with E-state index in [0.717, 1.165) is 21.1 Å². The van der Waals surface area contributed by atoms with Crippen LogP contribution in [-0.4, -0.2) is 25.6 Å². The quantitative estimate of drug-likeness (QED) is 0.550. The third kappa shape index (κ3) is 3.30. The third-order valence-electron chi connectivity index (χ3n) is 3.12. The van der Waals surface area contributed by atoms with Crippen LogP contribution < -0.4 is 16.3 Å². The molecule has 3 aromatic rings. The first-order valence-electron chi connectivity index (χ1n) is 7.02. The Kier molecular flexibility index (Phi) is 4.34. The highest BCUT2D eigenvalue weighted by Crippen LogP contribution is 2.27. The second-order valence-corrected chi connectivity index (χ2v) is 5.94. The second-order valence-electron chi connectivity index (χ2n) is 4.94. The summed E-state index contributed by atoms with van der Waals surface area (Å²) in [5, 5.41) is 4.93. The Morgan fingerprint density at radius 3 is 2.79 bits per heavy atom. The van der Waals surface area contributed by atoms with Crippen molar-refractivity contribution in [3.63, 3.8) is 0 Å². The molecule has 3 rings (SSSR count). The summed E-state index contributed by atoms with van der Waals surface area (Å²) in [4.78, 5) is 22.6. The predicted octanol–water partition coefficient (Wildman–Crippen LogP) is 2.27. The highest BCUT2D eigenvalue weighted by molar-refractivity contribution is 7.17. The highest BCUT2D eigenvalue weighted by atomic mass is 32.1. The summed E-state index contributed by atoms with van der Waals surface area (Å²) in [6.45, 7) is 3.75. The van der Waals surface area contributed by atoms with Gasteiger partial charge in [-0.2, -0.15) is 9.97 Å². The van der Waals surface area contributed by atoms with E-state index in [-0.39, 0.29) is 11.8 Å². The number of hydrogen-bond donors (Lipinski definition) is 2. The van der Waals surface area contributed by atoms with Crippen molar-refractivity contribution in [2.75, 3.05) is 11.5 Å². The van der Waals surface area contributed by atoms with Crippen molar-refractivity contribution < 1.29 is 4.84 Å². The van der Waals surface area contributed by atoms with E-state index in [0.29, 0.717) is 11.4 Å². The van der Waals surface area contributed by atoms with Crippen molar-refractivity contribution in [2.45, 2.75) is 13.8 Å². The second kappa shape index (κ2) is 6.59. The number of aryl methyl sites for hydroxylation is 1. The predicted molar refractivity (Wildman–Crippen MR) is 93.8 cm³/mol. The van der Waals surface area contributed by atoms with Crippen molar-refractivity contribution in [3.05, 3.63) is 41.3 Å². The van der Waals surface area contributed by atoms with Crippen LogP contribution in [0.2, 0.25) is 0 Å². The standard InChI is InChI=1S/C15H15N7OS/c1-8-12(24-14(20-8)10-4-3-5-18-6-10)9(2)22-23-15-19-7-11(16)13(17)21-15/h3-7H,16H2,1-2H3,(H2,17,19,21)/b22-9+. The summed E-state index contributed by atoms with van der Waals surface area (Å²) in [6, 6.07) is 3.87. The summed E-state index contributed by atoms with van der Waals surface area (Å²) in [5.41, 5.74) is 14.0.